The maximum absolute atomic E-state index is 13.1. The molecule has 0 radical (unpaired) electrons. The minimum atomic E-state index is -0.238. The number of fused-ring (bicyclic) bond motifs is 3. The van der Waals surface area contributed by atoms with E-state index in [1.54, 1.807) is 31.2 Å². The molecule has 152 valence electrons. The van der Waals surface area contributed by atoms with E-state index >= 15 is 0 Å². The average molecular weight is 395 g/mol. The number of benzene rings is 1. The molecule has 2 aliphatic heterocycles. The Bertz CT molecular complexity index is 992. The lowest BCUT2D eigenvalue weighted by molar-refractivity contribution is -0.114. The number of rotatable bonds is 4. The quantitative estimate of drug-likeness (QED) is 0.830. The summed E-state index contributed by atoms with van der Waals surface area (Å²) in [5.74, 6) is 1.71. The van der Waals surface area contributed by atoms with E-state index in [0.717, 1.165) is 24.4 Å². The highest BCUT2D eigenvalue weighted by molar-refractivity contribution is 6.17. The largest absolute Gasteiger partial charge is 0.444 e. The number of anilines is 3. The van der Waals surface area contributed by atoms with Crippen LogP contribution in [0, 0.1) is 6.92 Å². The van der Waals surface area contributed by atoms with Gasteiger partial charge in [0, 0.05) is 31.9 Å². The van der Waals surface area contributed by atoms with Gasteiger partial charge in [-0.05, 0) is 37.6 Å². The molecule has 8 heteroatoms. The van der Waals surface area contributed by atoms with Crippen LogP contribution in [0.1, 0.15) is 41.9 Å². The Morgan fingerprint density at radius 2 is 1.86 bits per heavy atom. The zero-order chi connectivity index (χ0) is 20.7. The minimum absolute atomic E-state index is 0.140. The molecule has 29 heavy (non-hydrogen) atoms. The number of nitrogens with zero attached hydrogens (tertiary/aromatic N) is 3. The molecule has 0 spiro atoms. The summed E-state index contributed by atoms with van der Waals surface area (Å²) in [6.45, 7) is 6.93. The van der Waals surface area contributed by atoms with Crippen LogP contribution < -0.4 is 15.5 Å². The number of carbonyl (C=O) groups is 2. The van der Waals surface area contributed by atoms with Crippen molar-refractivity contribution < 1.29 is 14.0 Å². The predicted octanol–water partition coefficient (Wildman–Crippen LogP) is 3.05. The molecule has 0 saturated carbocycles. The molecule has 1 atom stereocenters. The lowest BCUT2D eigenvalue weighted by Gasteiger charge is -2.32. The van der Waals surface area contributed by atoms with Crippen molar-refractivity contribution >= 4 is 34.9 Å². The Morgan fingerprint density at radius 1 is 1.21 bits per heavy atom. The third kappa shape index (κ3) is 3.46. The highest BCUT2D eigenvalue weighted by Crippen LogP contribution is 2.37. The van der Waals surface area contributed by atoms with E-state index in [4.69, 9.17) is 9.41 Å². The fourth-order valence-electron chi connectivity index (χ4n) is 3.84. The van der Waals surface area contributed by atoms with Crippen molar-refractivity contribution in [2.24, 2.45) is 4.99 Å². The van der Waals surface area contributed by atoms with Gasteiger partial charge in [-0.3, -0.25) is 14.6 Å². The molecule has 3 heterocycles. The second-order valence-corrected chi connectivity index (χ2v) is 7.50. The summed E-state index contributed by atoms with van der Waals surface area (Å²) < 4.78 is 5.96. The molecule has 1 aromatic carbocycles. The molecule has 1 unspecified atom stereocenters. The summed E-state index contributed by atoms with van der Waals surface area (Å²) in [4.78, 5) is 33.4. The van der Waals surface area contributed by atoms with Gasteiger partial charge in [-0.15, -0.1) is 0 Å². The van der Waals surface area contributed by atoms with Crippen LogP contribution in [-0.4, -0.2) is 48.9 Å². The van der Waals surface area contributed by atoms with Crippen LogP contribution in [0.4, 0.5) is 17.3 Å². The second kappa shape index (κ2) is 7.27. The maximum Gasteiger partial charge on any atom is 0.260 e. The molecule has 2 N–H and O–H groups in total. The number of furan rings is 1. The van der Waals surface area contributed by atoms with E-state index in [2.05, 4.69) is 22.5 Å². The van der Waals surface area contributed by atoms with Crippen LogP contribution in [0.5, 0.6) is 0 Å². The zero-order valence-corrected chi connectivity index (χ0v) is 17.1. The minimum Gasteiger partial charge on any atom is -0.444 e. The van der Waals surface area contributed by atoms with Crippen LogP contribution in [0.2, 0.25) is 0 Å². The van der Waals surface area contributed by atoms with Gasteiger partial charge in [0.25, 0.3) is 5.91 Å². The molecule has 0 fully saturated rings. The Morgan fingerprint density at radius 3 is 2.48 bits per heavy atom. The SMILES string of the molecule is CCC1CN2CN(C)c3oc(C)c(C(=O)Nc4ccc(NC(C)=O)cc4)c3C2=N1. The van der Waals surface area contributed by atoms with Crippen LogP contribution in [0.15, 0.2) is 33.7 Å². The molecule has 4 rings (SSSR count). The molecular formula is C21H25N5O3. The van der Waals surface area contributed by atoms with E-state index < -0.39 is 0 Å². The van der Waals surface area contributed by atoms with E-state index in [1.165, 1.54) is 6.92 Å². The van der Waals surface area contributed by atoms with Crippen molar-refractivity contribution in [2.75, 3.05) is 35.8 Å². The van der Waals surface area contributed by atoms with Crippen molar-refractivity contribution in [1.82, 2.24) is 4.90 Å². The summed E-state index contributed by atoms with van der Waals surface area (Å²) in [6.07, 6.45) is 0.956. The Balaban J connectivity index is 1.64. The van der Waals surface area contributed by atoms with Crippen LogP contribution in [-0.2, 0) is 4.79 Å². The topological polar surface area (TPSA) is 90.2 Å². The number of carbonyl (C=O) groups excluding carboxylic acids is 2. The summed E-state index contributed by atoms with van der Waals surface area (Å²) >= 11 is 0. The number of hydrogen-bond acceptors (Lipinski definition) is 6. The lowest BCUT2D eigenvalue weighted by atomic mass is 10.1. The van der Waals surface area contributed by atoms with Gasteiger partial charge in [-0.2, -0.15) is 0 Å². The number of aryl methyl sites for hydroxylation is 1. The maximum atomic E-state index is 13.1. The van der Waals surface area contributed by atoms with Crippen LogP contribution in [0.3, 0.4) is 0 Å². The molecule has 2 aliphatic rings. The fraction of sp³-hybridized carbons (Fsp3) is 0.381. The molecule has 2 aromatic rings. The number of amides is 2. The number of hydrogen-bond donors (Lipinski definition) is 2. The first-order chi connectivity index (χ1) is 13.9. The summed E-state index contributed by atoms with van der Waals surface area (Å²) in [5, 5.41) is 5.64. The average Bonchev–Trinajstić information content (AvgIpc) is 3.23. The van der Waals surface area contributed by atoms with Gasteiger partial charge in [0.05, 0.1) is 23.8 Å². The number of amidine groups is 1. The molecule has 1 aromatic heterocycles. The Labute approximate surface area is 169 Å². The van der Waals surface area contributed by atoms with Gasteiger partial charge < -0.3 is 24.9 Å². The van der Waals surface area contributed by atoms with Gasteiger partial charge in [-0.1, -0.05) is 6.92 Å². The Hall–Kier alpha value is -3.29. The lowest BCUT2D eigenvalue weighted by Crippen LogP contribution is -2.44. The number of aliphatic imine (C=N–C) groups is 1. The second-order valence-electron chi connectivity index (χ2n) is 7.50. The van der Waals surface area contributed by atoms with Gasteiger partial charge in [-0.25, -0.2) is 0 Å². The smallest absolute Gasteiger partial charge is 0.260 e. The van der Waals surface area contributed by atoms with E-state index in [-0.39, 0.29) is 17.9 Å². The molecule has 8 nitrogen and oxygen atoms in total. The summed E-state index contributed by atoms with van der Waals surface area (Å²) in [6, 6.07) is 7.23. The van der Waals surface area contributed by atoms with Crippen molar-refractivity contribution in [3.63, 3.8) is 0 Å². The molecule has 0 aliphatic carbocycles. The zero-order valence-electron chi connectivity index (χ0n) is 17.1. The van der Waals surface area contributed by atoms with Crippen molar-refractivity contribution in [1.29, 1.82) is 0 Å². The van der Waals surface area contributed by atoms with E-state index in [0.29, 0.717) is 35.3 Å². The molecule has 0 saturated heterocycles. The first-order valence-electron chi connectivity index (χ1n) is 9.74. The predicted molar refractivity (Wildman–Crippen MR) is 113 cm³/mol. The fourth-order valence-corrected chi connectivity index (χ4v) is 3.84. The highest BCUT2D eigenvalue weighted by Gasteiger charge is 2.39. The molecule has 2 amide bonds. The van der Waals surface area contributed by atoms with Gasteiger partial charge >= 0.3 is 0 Å². The van der Waals surface area contributed by atoms with Crippen molar-refractivity contribution in [3.05, 3.63) is 41.2 Å². The molecular weight excluding hydrogens is 370 g/mol. The highest BCUT2D eigenvalue weighted by atomic mass is 16.4. The van der Waals surface area contributed by atoms with Gasteiger partial charge in [0.2, 0.25) is 11.8 Å². The summed E-state index contributed by atoms with van der Waals surface area (Å²) in [5.41, 5.74) is 2.59. The third-order valence-electron chi connectivity index (χ3n) is 5.22. The van der Waals surface area contributed by atoms with Crippen molar-refractivity contribution in [2.45, 2.75) is 33.2 Å². The van der Waals surface area contributed by atoms with Gasteiger partial charge in [0.15, 0.2) is 0 Å². The third-order valence-corrected chi connectivity index (χ3v) is 5.22. The first-order valence-corrected chi connectivity index (χ1v) is 9.74. The Kier molecular flexibility index (Phi) is 4.77. The first kappa shape index (κ1) is 19.0. The standard InChI is InChI=1S/C21H25N5O3/c1-5-14-10-26-11-25(4)21-18(19(26)23-14)17(12(2)29-21)20(28)24-16-8-6-15(7-9-16)22-13(3)27/h6-9,14H,5,10-11H2,1-4H3,(H,22,27)(H,24,28). The normalized spacial score (nSPS) is 17.5. The van der Waals surface area contributed by atoms with E-state index in [9.17, 15) is 9.59 Å². The molecule has 0 bridgehead atoms. The monoisotopic (exact) mass is 395 g/mol. The van der Waals surface area contributed by atoms with Gasteiger partial charge in [0.1, 0.15) is 11.6 Å². The van der Waals surface area contributed by atoms with E-state index in [1.807, 2.05) is 11.9 Å². The number of nitrogens with one attached hydrogen (secondary N) is 2. The van der Waals surface area contributed by atoms with Crippen LogP contribution in [0.25, 0.3) is 0 Å². The summed E-state index contributed by atoms with van der Waals surface area (Å²) in [7, 11) is 1.96. The van der Waals surface area contributed by atoms with Crippen LogP contribution >= 0.6 is 0 Å². The van der Waals surface area contributed by atoms with Crippen molar-refractivity contribution in [3.8, 4) is 0 Å².